The largest absolute Gasteiger partial charge is 0.146 e. The summed E-state index contributed by atoms with van der Waals surface area (Å²) >= 11 is 11.5. The Hall–Kier alpha value is 0.470. The van der Waals surface area contributed by atoms with Gasteiger partial charge in [-0.1, -0.05) is 47.8 Å². The Kier molecular flexibility index (Phi) is 4.77. The van der Waals surface area contributed by atoms with Gasteiger partial charge in [-0.15, -0.1) is 11.3 Å². The summed E-state index contributed by atoms with van der Waals surface area (Å²) in [5.41, 5.74) is 0. The van der Waals surface area contributed by atoms with Gasteiger partial charge in [-0.2, -0.15) is 0 Å². The monoisotopic (exact) mass is 280 g/mol. The smallest absolute Gasteiger partial charge is 0.0556 e. The molecule has 0 spiro atoms. The van der Waals surface area contributed by atoms with E-state index in [0.717, 1.165) is 17.4 Å². The second-order valence-corrected chi connectivity index (χ2v) is 5.81. The molecular weight excluding hydrogens is 268 g/mol. The standard InChI is InChI=1S/C10H14BrClS/c1-3-7(2)6-8(11)10-9(12)4-5-13-10/h4-5,7-8H,3,6H2,1-2H3. The molecule has 0 aliphatic carbocycles. The number of halogens is 2. The van der Waals surface area contributed by atoms with Gasteiger partial charge in [0.25, 0.3) is 0 Å². The van der Waals surface area contributed by atoms with Crippen molar-refractivity contribution < 1.29 is 0 Å². The van der Waals surface area contributed by atoms with E-state index in [2.05, 4.69) is 29.8 Å². The van der Waals surface area contributed by atoms with Crippen molar-refractivity contribution in [3.05, 3.63) is 21.3 Å². The summed E-state index contributed by atoms with van der Waals surface area (Å²) in [7, 11) is 0. The van der Waals surface area contributed by atoms with Gasteiger partial charge in [0, 0.05) is 4.88 Å². The summed E-state index contributed by atoms with van der Waals surface area (Å²) in [5.74, 6) is 0.752. The highest BCUT2D eigenvalue weighted by atomic mass is 79.9. The van der Waals surface area contributed by atoms with Gasteiger partial charge in [0.15, 0.2) is 0 Å². The Morgan fingerprint density at radius 2 is 2.31 bits per heavy atom. The molecule has 3 heteroatoms. The normalized spacial score (nSPS) is 15.7. The zero-order valence-electron chi connectivity index (χ0n) is 7.89. The van der Waals surface area contributed by atoms with Gasteiger partial charge in [-0.05, 0) is 23.8 Å². The lowest BCUT2D eigenvalue weighted by Crippen LogP contribution is -1.97. The van der Waals surface area contributed by atoms with E-state index in [4.69, 9.17) is 11.6 Å². The summed E-state index contributed by atoms with van der Waals surface area (Å²) in [6, 6.07) is 1.96. The first-order valence-corrected chi connectivity index (χ1v) is 6.69. The molecule has 1 aromatic rings. The van der Waals surface area contributed by atoms with Crippen molar-refractivity contribution in [1.29, 1.82) is 0 Å². The van der Waals surface area contributed by atoms with Gasteiger partial charge in [0.1, 0.15) is 0 Å². The van der Waals surface area contributed by atoms with Crippen molar-refractivity contribution in [2.75, 3.05) is 0 Å². The molecule has 0 N–H and O–H groups in total. The Bertz CT molecular complexity index is 259. The summed E-state index contributed by atoms with van der Waals surface area (Å²) in [5, 5.41) is 2.94. The minimum absolute atomic E-state index is 0.426. The van der Waals surface area contributed by atoms with Crippen LogP contribution in [-0.4, -0.2) is 0 Å². The van der Waals surface area contributed by atoms with Crippen LogP contribution >= 0.6 is 38.9 Å². The van der Waals surface area contributed by atoms with E-state index in [-0.39, 0.29) is 0 Å². The predicted octanol–water partition coefficient (Wildman–Crippen LogP) is 5.27. The first-order chi connectivity index (χ1) is 6.15. The Balaban J connectivity index is 2.58. The van der Waals surface area contributed by atoms with E-state index in [1.54, 1.807) is 11.3 Å². The molecule has 0 fully saturated rings. The summed E-state index contributed by atoms with van der Waals surface area (Å²) < 4.78 is 0. The van der Waals surface area contributed by atoms with Crippen molar-refractivity contribution in [1.82, 2.24) is 0 Å². The molecule has 74 valence electrons. The van der Waals surface area contributed by atoms with Crippen LogP contribution < -0.4 is 0 Å². The van der Waals surface area contributed by atoms with Gasteiger partial charge in [-0.25, -0.2) is 0 Å². The van der Waals surface area contributed by atoms with Crippen LogP contribution in [0.3, 0.4) is 0 Å². The third-order valence-corrected chi connectivity index (χ3v) is 4.84. The van der Waals surface area contributed by atoms with E-state index < -0.39 is 0 Å². The predicted molar refractivity (Wildman–Crippen MR) is 65.1 cm³/mol. The SMILES string of the molecule is CCC(C)CC(Br)c1sccc1Cl. The van der Waals surface area contributed by atoms with E-state index in [9.17, 15) is 0 Å². The van der Waals surface area contributed by atoms with Crippen LogP contribution in [0.1, 0.15) is 36.4 Å². The quantitative estimate of drug-likeness (QED) is 0.659. The van der Waals surface area contributed by atoms with E-state index in [1.165, 1.54) is 11.3 Å². The van der Waals surface area contributed by atoms with Gasteiger partial charge in [-0.3, -0.25) is 0 Å². The first-order valence-electron chi connectivity index (χ1n) is 4.52. The molecule has 0 aliphatic rings. The van der Waals surface area contributed by atoms with Crippen LogP contribution in [0.25, 0.3) is 0 Å². The van der Waals surface area contributed by atoms with Gasteiger partial charge in [0.05, 0.1) is 9.85 Å². The van der Waals surface area contributed by atoms with Crippen LogP contribution in [-0.2, 0) is 0 Å². The lowest BCUT2D eigenvalue weighted by molar-refractivity contribution is 0.516. The topological polar surface area (TPSA) is 0 Å². The molecule has 0 saturated carbocycles. The molecule has 0 aromatic carbocycles. The average Bonchev–Trinajstić information content (AvgIpc) is 2.51. The highest BCUT2D eigenvalue weighted by Gasteiger charge is 2.15. The fourth-order valence-electron chi connectivity index (χ4n) is 1.16. The van der Waals surface area contributed by atoms with Crippen molar-refractivity contribution in [2.45, 2.75) is 31.5 Å². The maximum atomic E-state index is 6.04. The maximum Gasteiger partial charge on any atom is 0.0556 e. The third kappa shape index (κ3) is 3.26. The molecule has 1 rings (SSSR count). The minimum atomic E-state index is 0.426. The van der Waals surface area contributed by atoms with Crippen LogP contribution in [0, 0.1) is 5.92 Å². The Morgan fingerprint density at radius 3 is 2.77 bits per heavy atom. The first kappa shape index (κ1) is 11.5. The lowest BCUT2D eigenvalue weighted by Gasteiger charge is -2.13. The average molecular weight is 282 g/mol. The Morgan fingerprint density at radius 1 is 1.62 bits per heavy atom. The summed E-state index contributed by atoms with van der Waals surface area (Å²) in [4.78, 5) is 1.69. The van der Waals surface area contributed by atoms with Gasteiger partial charge < -0.3 is 0 Å². The van der Waals surface area contributed by atoms with E-state index >= 15 is 0 Å². The maximum absolute atomic E-state index is 6.04. The van der Waals surface area contributed by atoms with Gasteiger partial charge >= 0.3 is 0 Å². The van der Waals surface area contributed by atoms with Crippen LogP contribution in [0.4, 0.5) is 0 Å². The van der Waals surface area contributed by atoms with Crippen molar-refractivity contribution in [2.24, 2.45) is 5.92 Å². The van der Waals surface area contributed by atoms with Crippen LogP contribution in [0.15, 0.2) is 11.4 Å². The number of hydrogen-bond donors (Lipinski definition) is 0. The lowest BCUT2D eigenvalue weighted by atomic mass is 10.0. The number of alkyl halides is 1. The molecule has 0 nitrogen and oxygen atoms in total. The van der Waals surface area contributed by atoms with E-state index in [0.29, 0.717) is 4.83 Å². The molecule has 2 atom stereocenters. The summed E-state index contributed by atoms with van der Waals surface area (Å²) in [6.45, 7) is 4.50. The fraction of sp³-hybridized carbons (Fsp3) is 0.600. The number of hydrogen-bond acceptors (Lipinski definition) is 1. The van der Waals surface area contributed by atoms with E-state index in [1.807, 2.05) is 11.4 Å². The van der Waals surface area contributed by atoms with Crippen molar-refractivity contribution in [3.8, 4) is 0 Å². The van der Waals surface area contributed by atoms with Crippen LogP contribution in [0.2, 0.25) is 5.02 Å². The zero-order valence-corrected chi connectivity index (χ0v) is 11.0. The molecule has 0 saturated heterocycles. The summed E-state index contributed by atoms with van der Waals surface area (Å²) in [6.07, 6.45) is 2.39. The van der Waals surface area contributed by atoms with Crippen molar-refractivity contribution in [3.63, 3.8) is 0 Å². The molecule has 0 bridgehead atoms. The molecule has 2 unspecified atom stereocenters. The second-order valence-electron chi connectivity index (χ2n) is 3.35. The highest BCUT2D eigenvalue weighted by Crippen LogP contribution is 2.38. The highest BCUT2D eigenvalue weighted by molar-refractivity contribution is 9.09. The minimum Gasteiger partial charge on any atom is -0.146 e. The number of thiophene rings is 1. The fourth-order valence-corrected chi connectivity index (χ4v) is 3.67. The van der Waals surface area contributed by atoms with Crippen molar-refractivity contribution >= 4 is 38.9 Å². The number of rotatable bonds is 4. The molecule has 0 aliphatic heterocycles. The second kappa shape index (κ2) is 5.38. The third-order valence-electron chi connectivity index (χ3n) is 2.24. The molecule has 0 amide bonds. The zero-order chi connectivity index (χ0) is 9.84. The molecule has 13 heavy (non-hydrogen) atoms. The molecule has 1 aromatic heterocycles. The molecule has 1 heterocycles. The molecular formula is C10H14BrClS. The Labute approximate surface area is 97.4 Å². The van der Waals surface area contributed by atoms with Gasteiger partial charge in [0.2, 0.25) is 0 Å². The molecule has 0 radical (unpaired) electrons. The van der Waals surface area contributed by atoms with Crippen LogP contribution in [0.5, 0.6) is 0 Å².